The second kappa shape index (κ2) is 2.75. The molecule has 0 fully saturated rings. The number of fused-ring (bicyclic) bond motifs is 1. The van der Waals surface area contributed by atoms with E-state index in [1.54, 1.807) is 11.5 Å². The highest BCUT2D eigenvalue weighted by Crippen LogP contribution is 2.24. The normalized spacial score (nSPS) is 10.8. The van der Waals surface area contributed by atoms with Crippen LogP contribution in [0.15, 0.2) is 18.2 Å². The molecule has 0 unspecified atom stereocenters. The minimum absolute atomic E-state index is 0.817. The number of nitrogens with zero attached hydrogens (tertiary/aromatic N) is 1. The third kappa shape index (κ3) is 1.06. The standard InChI is InChI=1S/C9H10N2S/c1-2-8-7-5-6(10)3-4-9(7)12-11-8/h3-5H,2,10H2,1H3. The molecule has 62 valence electrons. The van der Waals surface area contributed by atoms with Gasteiger partial charge < -0.3 is 5.73 Å². The number of rotatable bonds is 1. The Hall–Kier alpha value is -1.09. The Bertz CT molecular complexity index is 406. The summed E-state index contributed by atoms with van der Waals surface area (Å²) in [6, 6.07) is 5.94. The van der Waals surface area contributed by atoms with Crippen molar-refractivity contribution in [3.63, 3.8) is 0 Å². The van der Waals surface area contributed by atoms with Gasteiger partial charge in [-0.2, -0.15) is 4.37 Å². The fraction of sp³-hybridized carbons (Fsp3) is 0.222. The minimum Gasteiger partial charge on any atom is -0.399 e. The van der Waals surface area contributed by atoms with Crippen LogP contribution in [-0.4, -0.2) is 4.37 Å². The van der Waals surface area contributed by atoms with E-state index >= 15 is 0 Å². The molecule has 0 spiro atoms. The highest BCUT2D eigenvalue weighted by molar-refractivity contribution is 7.13. The SMILES string of the molecule is CCc1nsc2ccc(N)cc12. The zero-order chi connectivity index (χ0) is 8.55. The first-order chi connectivity index (χ1) is 5.81. The molecule has 3 heteroatoms. The number of aromatic nitrogens is 1. The van der Waals surface area contributed by atoms with Gasteiger partial charge in [-0.25, -0.2) is 0 Å². The molecule has 0 saturated heterocycles. The average molecular weight is 178 g/mol. The largest absolute Gasteiger partial charge is 0.399 e. The predicted octanol–water partition coefficient (Wildman–Crippen LogP) is 2.44. The zero-order valence-electron chi connectivity index (χ0n) is 6.87. The molecule has 2 rings (SSSR count). The van der Waals surface area contributed by atoms with E-state index in [-0.39, 0.29) is 0 Å². The minimum atomic E-state index is 0.817. The summed E-state index contributed by atoms with van der Waals surface area (Å²) in [4.78, 5) is 0. The van der Waals surface area contributed by atoms with Crippen LogP contribution in [0.25, 0.3) is 10.1 Å². The van der Waals surface area contributed by atoms with Crippen molar-refractivity contribution in [3.8, 4) is 0 Å². The van der Waals surface area contributed by atoms with E-state index in [4.69, 9.17) is 5.73 Å². The maximum Gasteiger partial charge on any atom is 0.0618 e. The number of nitrogen functional groups attached to an aromatic ring is 1. The van der Waals surface area contributed by atoms with E-state index in [0.29, 0.717) is 0 Å². The fourth-order valence-electron chi connectivity index (χ4n) is 1.26. The van der Waals surface area contributed by atoms with E-state index < -0.39 is 0 Å². The van der Waals surface area contributed by atoms with Crippen LogP contribution in [0.1, 0.15) is 12.6 Å². The molecule has 12 heavy (non-hydrogen) atoms. The summed E-state index contributed by atoms with van der Waals surface area (Å²) in [5.74, 6) is 0. The van der Waals surface area contributed by atoms with Crippen molar-refractivity contribution in [2.45, 2.75) is 13.3 Å². The molecule has 2 nitrogen and oxygen atoms in total. The Morgan fingerprint density at radius 2 is 2.33 bits per heavy atom. The number of aryl methyl sites for hydroxylation is 1. The molecule has 0 radical (unpaired) electrons. The number of nitrogens with two attached hydrogens (primary N) is 1. The summed E-state index contributed by atoms with van der Waals surface area (Å²) < 4.78 is 5.56. The van der Waals surface area contributed by atoms with Crippen LogP contribution < -0.4 is 5.73 Å². The number of hydrogen-bond acceptors (Lipinski definition) is 3. The summed E-state index contributed by atoms with van der Waals surface area (Å²) in [7, 11) is 0. The third-order valence-electron chi connectivity index (χ3n) is 1.90. The van der Waals surface area contributed by atoms with Gasteiger partial charge in [0.15, 0.2) is 0 Å². The van der Waals surface area contributed by atoms with Crippen molar-refractivity contribution in [2.75, 3.05) is 5.73 Å². The van der Waals surface area contributed by atoms with Crippen molar-refractivity contribution in [2.24, 2.45) is 0 Å². The molecular weight excluding hydrogens is 168 g/mol. The highest BCUT2D eigenvalue weighted by atomic mass is 32.1. The number of benzene rings is 1. The van der Waals surface area contributed by atoms with Crippen LogP contribution in [-0.2, 0) is 6.42 Å². The molecule has 1 aromatic heterocycles. The third-order valence-corrected chi connectivity index (χ3v) is 2.77. The van der Waals surface area contributed by atoms with Gasteiger partial charge in [-0.05, 0) is 36.2 Å². The lowest BCUT2D eigenvalue weighted by Crippen LogP contribution is -1.84. The molecule has 0 amide bonds. The van der Waals surface area contributed by atoms with Crippen molar-refractivity contribution >= 4 is 27.3 Å². The maximum absolute atomic E-state index is 5.68. The number of hydrogen-bond donors (Lipinski definition) is 1. The van der Waals surface area contributed by atoms with E-state index in [1.165, 1.54) is 10.1 Å². The molecule has 0 bridgehead atoms. The van der Waals surface area contributed by atoms with Gasteiger partial charge in [0.2, 0.25) is 0 Å². The molecule has 0 aliphatic rings. The van der Waals surface area contributed by atoms with E-state index in [2.05, 4.69) is 11.3 Å². The van der Waals surface area contributed by atoms with E-state index in [0.717, 1.165) is 17.8 Å². The lowest BCUT2D eigenvalue weighted by molar-refractivity contribution is 1.10. The molecule has 0 aliphatic carbocycles. The fourth-order valence-corrected chi connectivity index (χ4v) is 2.10. The van der Waals surface area contributed by atoms with Crippen LogP contribution in [0.2, 0.25) is 0 Å². The summed E-state index contributed by atoms with van der Waals surface area (Å²) >= 11 is 1.54. The Balaban J connectivity index is 2.75. The van der Waals surface area contributed by atoms with Crippen LogP contribution in [0, 0.1) is 0 Å². The van der Waals surface area contributed by atoms with Gasteiger partial charge in [-0.3, -0.25) is 0 Å². The smallest absolute Gasteiger partial charge is 0.0618 e. The zero-order valence-corrected chi connectivity index (χ0v) is 7.69. The van der Waals surface area contributed by atoms with Gasteiger partial charge in [-0.1, -0.05) is 6.92 Å². The maximum atomic E-state index is 5.68. The first kappa shape index (κ1) is 7.55. The summed E-state index contributed by atoms with van der Waals surface area (Å²) in [5, 5.41) is 1.21. The molecule has 1 heterocycles. The molecular formula is C9H10N2S. The van der Waals surface area contributed by atoms with Gasteiger partial charge >= 0.3 is 0 Å². The lowest BCUT2D eigenvalue weighted by Gasteiger charge is -1.93. The number of anilines is 1. The van der Waals surface area contributed by atoms with E-state index in [9.17, 15) is 0 Å². The molecule has 0 saturated carbocycles. The molecule has 0 aliphatic heterocycles. The molecule has 2 aromatic rings. The second-order valence-electron chi connectivity index (χ2n) is 2.74. The summed E-state index contributed by atoms with van der Waals surface area (Å²) in [5.41, 5.74) is 7.66. The van der Waals surface area contributed by atoms with Gasteiger partial charge in [0.25, 0.3) is 0 Å². The molecule has 0 atom stereocenters. The van der Waals surface area contributed by atoms with Crippen LogP contribution in [0.3, 0.4) is 0 Å². The first-order valence-corrected chi connectivity index (χ1v) is 4.72. The first-order valence-electron chi connectivity index (χ1n) is 3.95. The Morgan fingerprint density at radius 1 is 1.50 bits per heavy atom. The quantitative estimate of drug-likeness (QED) is 0.681. The second-order valence-corrected chi connectivity index (χ2v) is 3.54. The topological polar surface area (TPSA) is 38.9 Å². The molecule has 1 aromatic carbocycles. The van der Waals surface area contributed by atoms with E-state index in [1.807, 2.05) is 18.2 Å². The predicted molar refractivity (Wildman–Crippen MR) is 53.4 cm³/mol. The lowest BCUT2D eigenvalue weighted by atomic mass is 10.2. The van der Waals surface area contributed by atoms with Gasteiger partial charge in [0.1, 0.15) is 0 Å². The average Bonchev–Trinajstić information content (AvgIpc) is 2.46. The van der Waals surface area contributed by atoms with Gasteiger partial charge in [0, 0.05) is 11.1 Å². The van der Waals surface area contributed by atoms with Crippen molar-refractivity contribution in [1.29, 1.82) is 0 Å². The Morgan fingerprint density at radius 3 is 3.08 bits per heavy atom. The van der Waals surface area contributed by atoms with Crippen LogP contribution in [0.5, 0.6) is 0 Å². The van der Waals surface area contributed by atoms with Crippen LogP contribution in [0.4, 0.5) is 5.69 Å². The highest BCUT2D eigenvalue weighted by Gasteiger charge is 2.03. The van der Waals surface area contributed by atoms with Gasteiger partial charge in [-0.15, -0.1) is 0 Å². The van der Waals surface area contributed by atoms with Crippen molar-refractivity contribution in [3.05, 3.63) is 23.9 Å². The van der Waals surface area contributed by atoms with Crippen molar-refractivity contribution < 1.29 is 0 Å². The summed E-state index contributed by atoms with van der Waals surface area (Å²) in [6.45, 7) is 2.11. The Kier molecular flexibility index (Phi) is 1.73. The van der Waals surface area contributed by atoms with Gasteiger partial charge in [0.05, 0.1) is 10.4 Å². The van der Waals surface area contributed by atoms with Crippen LogP contribution >= 0.6 is 11.5 Å². The van der Waals surface area contributed by atoms with Crippen molar-refractivity contribution in [1.82, 2.24) is 4.37 Å². The molecule has 2 N–H and O–H groups in total. The summed E-state index contributed by atoms with van der Waals surface area (Å²) in [6.07, 6.45) is 0.976. The Labute approximate surface area is 75.2 Å². The monoisotopic (exact) mass is 178 g/mol.